The molecule has 0 aliphatic carbocycles. The Labute approximate surface area is 133 Å². The van der Waals surface area contributed by atoms with Gasteiger partial charge in [-0.25, -0.2) is 4.79 Å². The Bertz CT molecular complexity index is 478. The van der Waals surface area contributed by atoms with Crippen molar-refractivity contribution in [3.05, 3.63) is 0 Å². The van der Waals surface area contributed by atoms with Gasteiger partial charge in [-0.05, 0) is 26.2 Å². The number of nitrogens with one attached hydrogen (secondary N) is 1. The lowest BCUT2D eigenvalue weighted by atomic mass is 10.1. The van der Waals surface area contributed by atoms with Crippen molar-refractivity contribution in [3.8, 4) is 0 Å². The summed E-state index contributed by atoms with van der Waals surface area (Å²) >= 11 is 0. The molecule has 130 valence electrons. The van der Waals surface area contributed by atoms with E-state index >= 15 is 0 Å². The monoisotopic (exact) mass is 330 g/mol. The van der Waals surface area contributed by atoms with Crippen LogP contribution in [0.1, 0.15) is 39.0 Å². The summed E-state index contributed by atoms with van der Waals surface area (Å²) in [5.41, 5.74) is 0. The highest BCUT2D eigenvalue weighted by Gasteiger charge is 2.35. The third-order valence-electron chi connectivity index (χ3n) is 3.61. The molecular formula is C14H22N2O7. The van der Waals surface area contributed by atoms with Crippen LogP contribution < -0.4 is 5.32 Å². The van der Waals surface area contributed by atoms with Gasteiger partial charge in [-0.15, -0.1) is 0 Å². The van der Waals surface area contributed by atoms with Crippen molar-refractivity contribution >= 4 is 23.8 Å². The highest BCUT2D eigenvalue weighted by molar-refractivity contribution is 5.91. The van der Waals surface area contributed by atoms with Crippen molar-refractivity contribution in [2.24, 2.45) is 0 Å². The molecule has 3 atom stereocenters. The zero-order valence-electron chi connectivity index (χ0n) is 12.9. The zero-order chi connectivity index (χ0) is 17.6. The van der Waals surface area contributed by atoms with Crippen LogP contribution in [0.25, 0.3) is 0 Å². The first-order chi connectivity index (χ1) is 10.7. The van der Waals surface area contributed by atoms with Gasteiger partial charge in [0.05, 0.1) is 12.5 Å². The molecule has 1 rings (SSSR count). The lowest BCUT2D eigenvalue weighted by molar-refractivity contribution is -0.144. The molecule has 1 aliphatic rings. The van der Waals surface area contributed by atoms with Crippen LogP contribution in [-0.4, -0.2) is 68.7 Å². The van der Waals surface area contributed by atoms with Gasteiger partial charge in [0.2, 0.25) is 11.8 Å². The minimum atomic E-state index is -1.32. The molecule has 0 bridgehead atoms. The summed E-state index contributed by atoms with van der Waals surface area (Å²) in [6.07, 6.45) is -0.532. The molecule has 2 unspecified atom stereocenters. The number of aliphatic hydroxyl groups is 1. The summed E-state index contributed by atoms with van der Waals surface area (Å²) in [6, 6.07) is -2.10. The number of aliphatic hydroxyl groups excluding tert-OH is 1. The average Bonchev–Trinajstić information content (AvgIpc) is 2.91. The number of carboxylic acids is 2. The topological polar surface area (TPSA) is 144 Å². The van der Waals surface area contributed by atoms with E-state index in [-0.39, 0.29) is 25.2 Å². The lowest BCUT2D eigenvalue weighted by Gasteiger charge is -2.26. The first kappa shape index (κ1) is 18.9. The van der Waals surface area contributed by atoms with Crippen molar-refractivity contribution < 1.29 is 34.5 Å². The van der Waals surface area contributed by atoms with Gasteiger partial charge in [0.25, 0.3) is 0 Å². The summed E-state index contributed by atoms with van der Waals surface area (Å²) in [7, 11) is 0. The highest BCUT2D eigenvalue weighted by atomic mass is 16.4. The summed E-state index contributed by atoms with van der Waals surface area (Å²) in [5.74, 6) is -3.45. The van der Waals surface area contributed by atoms with E-state index in [0.29, 0.717) is 19.4 Å². The van der Waals surface area contributed by atoms with Gasteiger partial charge >= 0.3 is 11.9 Å². The van der Waals surface area contributed by atoms with Crippen molar-refractivity contribution in [2.45, 2.75) is 57.2 Å². The van der Waals surface area contributed by atoms with Crippen LogP contribution in [0.4, 0.5) is 0 Å². The van der Waals surface area contributed by atoms with Gasteiger partial charge < -0.3 is 25.5 Å². The Hall–Kier alpha value is -2.16. The SMILES string of the molecule is CC(O)CC(=O)N1CCC[C@H]1C(=O)NC(CCC(=O)O)C(=O)O. The maximum Gasteiger partial charge on any atom is 0.326 e. The third-order valence-corrected chi connectivity index (χ3v) is 3.61. The van der Waals surface area contributed by atoms with Gasteiger partial charge in [0, 0.05) is 13.0 Å². The Kier molecular flexibility index (Phi) is 6.95. The largest absolute Gasteiger partial charge is 0.481 e. The number of aliphatic carboxylic acids is 2. The lowest BCUT2D eigenvalue weighted by Crippen LogP contribution is -2.51. The van der Waals surface area contributed by atoms with Crippen LogP contribution in [0, 0.1) is 0 Å². The van der Waals surface area contributed by atoms with Gasteiger partial charge in [-0.3, -0.25) is 14.4 Å². The van der Waals surface area contributed by atoms with Gasteiger partial charge in [0.15, 0.2) is 0 Å². The molecule has 0 radical (unpaired) electrons. The van der Waals surface area contributed by atoms with Crippen LogP contribution in [-0.2, 0) is 19.2 Å². The number of hydrogen-bond donors (Lipinski definition) is 4. The van der Waals surface area contributed by atoms with E-state index in [2.05, 4.69) is 5.32 Å². The second kappa shape index (κ2) is 8.47. The van der Waals surface area contributed by atoms with Crippen LogP contribution in [0.3, 0.4) is 0 Å². The smallest absolute Gasteiger partial charge is 0.326 e. The standard InChI is InChI=1S/C14H22N2O7/c1-8(17)7-11(18)16-6-2-3-10(16)13(21)15-9(14(22)23)4-5-12(19)20/h8-10,17H,2-7H2,1H3,(H,15,21)(H,19,20)(H,22,23)/t8?,9?,10-/m0/s1. The molecule has 1 aliphatic heterocycles. The second-order valence-corrected chi connectivity index (χ2v) is 5.63. The van der Waals surface area contributed by atoms with E-state index in [0.717, 1.165) is 0 Å². The van der Waals surface area contributed by atoms with Gasteiger partial charge in [-0.2, -0.15) is 0 Å². The van der Waals surface area contributed by atoms with E-state index in [9.17, 15) is 24.3 Å². The molecule has 0 aromatic heterocycles. The fourth-order valence-corrected chi connectivity index (χ4v) is 2.50. The summed E-state index contributed by atoms with van der Waals surface area (Å²) in [4.78, 5) is 47.2. The van der Waals surface area contributed by atoms with Gasteiger partial charge in [-0.1, -0.05) is 0 Å². The van der Waals surface area contributed by atoms with Gasteiger partial charge in [0.1, 0.15) is 12.1 Å². The van der Waals surface area contributed by atoms with Crippen LogP contribution in [0.2, 0.25) is 0 Å². The molecule has 0 aromatic rings. The number of nitrogens with zero attached hydrogens (tertiary/aromatic N) is 1. The molecule has 1 saturated heterocycles. The quantitative estimate of drug-likeness (QED) is 0.455. The summed E-state index contributed by atoms with van der Waals surface area (Å²) in [6.45, 7) is 1.84. The van der Waals surface area contributed by atoms with Crippen molar-refractivity contribution in [2.75, 3.05) is 6.54 Å². The van der Waals surface area contributed by atoms with E-state index < -0.39 is 36.0 Å². The van der Waals surface area contributed by atoms with Crippen LogP contribution >= 0.6 is 0 Å². The molecule has 0 saturated carbocycles. The Morgan fingerprint density at radius 1 is 1.26 bits per heavy atom. The van der Waals surface area contributed by atoms with E-state index in [1.54, 1.807) is 0 Å². The number of amides is 2. The third kappa shape index (κ3) is 5.85. The predicted molar refractivity (Wildman–Crippen MR) is 77.5 cm³/mol. The van der Waals surface area contributed by atoms with Crippen molar-refractivity contribution in [1.82, 2.24) is 10.2 Å². The molecule has 9 heteroatoms. The average molecular weight is 330 g/mol. The van der Waals surface area contributed by atoms with E-state index in [4.69, 9.17) is 10.2 Å². The normalized spacial score (nSPS) is 19.9. The number of likely N-dealkylation sites (tertiary alicyclic amines) is 1. The molecule has 2 amide bonds. The number of hydrogen-bond acceptors (Lipinski definition) is 5. The number of rotatable bonds is 8. The zero-order valence-corrected chi connectivity index (χ0v) is 12.9. The molecule has 1 heterocycles. The number of carboxylic acid groups (broad SMARTS) is 2. The first-order valence-electron chi connectivity index (χ1n) is 7.45. The Morgan fingerprint density at radius 2 is 1.91 bits per heavy atom. The van der Waals surface area contributed by atoms with E-state index in [1.165, 1.54) is 11.8 Å². The molecule has 0 spiro atoms. The Morgan fingerprint density at radius 3 is 2.43 bits per heavy atom. The fraction of sp³-hybridized carbons (Fsp3) is 0.714. The molecule has 9 nitrogen and oxygen atoms in total. The van der Waals surface area contributed by atoms with Crippen LogP contribution in [0.5, 0.6) is 0 Å². The van der Waals surface area contributed by atoms with Crippen molar-refractivity contribution in [1.29, 1.82) is 0 Å². The maximum atomic E-state index is 12.2. The second-order valence-electron chi connectivity index (χ2n) is 5.63. The maximum absolute atomic E-state index is 12.2. The molecule has 1 fully saturated rings. The summed E-state index contributed by atoms with van der Waals surface area (Å²) < 4.78 is 0. The first-order valence-corrected chi connectivity index (χ1v) is 7.45. The van der Waals surface area contributed by atoms with Crippen LogP contribution in [0.15, 0.2) is 0 Å². The minimum absolute atomic E-state index is 0.106. The molecule has 0 aromatic carbocycles. The summed E-state index contributed by atoms with van der Waals surface area (Å²) in [5, 5.41) is 29.2. The predicted octanol–water partition coefficient (Wildman–Crippen LogP) is -0.817. The highest BCUT2D eigenvalue weighted by Crippen LogP contribution is 2.19. The number of carbonyl (C=O) groups is 4. The minimum Gasteiger partial charge on any atom is -0.481 e. The van der Waals surface area contributed by atoms with Crippen molar-refractivity contribution in [3.63, 3.8) is 0 Å². The molecule has 23 heavy (non-hydrogen) atoms. The van der Waals surface area contributed by atoms with E-state index in [1.807, 2.05) is 0 Å². The number of carbonyl (C=O) groups excluding carboxylic acids is 2. The molecule has 4 N–H and O–H groups in total. The fourth-order valence-electron chi connectivity index (χ4n) is 2.50. The Balaban J connectivity index is 2.68. The molecular weight excluding hydrogens is 308 g/mol.